The lowest BCUT2D eigenvalue weighted by atomic mass is 9.71. The van der Waals surface area contributed by atoms with Crippen LogP contribution in [0.15, 0.2) is 5.38 Å². The third-order valence-electron chi connectivity index (χ3n) is 3.97. The number of carbonyl (C=O) groups is 2. The molecule has 1 aromatic rings. The lowest BCUT2D eigenvalue weighted by Crippen LogP contribution is -2.43. The summed E-state index contributed by atoms with van der Waals surface area (Å²) in [5.74, 6) is -1.13. The summed E-state index contributed by atoms with van der Waals surface area (Å²) in [4.78, 5) is 28.4. The minimum atomic E-state index is -1.24. The van der Waals surface area contributed by atoms with E-state index in [1.807, 2.05) is 5.38 Å². The molecule has 1 heterocycles. The predicted octanol–water partition coefficient (Wildman–Crippen LogP) is 3.20. The van der Waals surface area contributed by atoms with Crippen LogP contribution in [0.5, 0.6) is 0 Å². The molecule has 0 saturated heterocycles. The molecule has 5 heteroatoms. The first-order chi connectivity index (χ1) is 9.25. The first kappa shape index (κ1) is 15.2. The molecule has 1 fully saturated rings. The number of hydrogen-bond acceptors (Lipinski definition) is 4. The molecule has 1 aromatic heterocycles. The van der Waals surface area contributed by atoms with Gasteiger partial charge in [0.15, 0.2) is 5.78 Å². The fourth-order valence-electron chi connectivity index (χ4n) is 2.57. The van der Waals surface area contributed by atoms with Gasteiger partial charge in [0, 0.05) is 23.6 Å². The van der Waals surface area contributed by atoms with Gasteiger partial charge >= 0.3 is 5.97 Å². The summed E-state index contributed by atoms with van der Waals surface area (Å²) < 4.78 is 0. The van der Waals surface area contributed by atoms with Crippen molar-refractivity contribution in [2.75, 3.05) is 0 Å². The summed E-state index contributed by atoms with van der Waals surface area (Å²) in [5, 5.41) is 12.3. The third-order valence-corrected chi connectivity index (χ3v) is 4.82. The standard InChI is InChI=1S/C15H21NO3S/c1-14(2,3)10-9-20-12(16-10)8-15(13(18)19)7-5-4-6-11(15)17/h9H,4-8H2,1-3H3,(H,18,19). The Balaban J connectivity index is 2.27. The molecule has 0 radical (unpaired) electrons. The number of hydrogen-bond donors (Lipinski definition) is 1. The van der Waals surface area contributed by atoms with Crippen molar-refractivity contribution in [3.8, 4) is 0 Å². The molecule has 1 aliphatic carbocycles. The van der Waals surface area contributed by atoms with Crippen LogP contribution in [-0.2, 0) is 21.4 Å². The maximum absolute atomic E-state index is 12.2. The highest BCUT2D eigenvalue weighted by Gasteiger charge is 2.47. The average molecular weight is 295 g/mol. The smallest absolute Gasteiger partial charge is 0.317 e. The number of rotatable bonds is 3. The summed E-state index contributed by atoms with van der Waals surface area (Å²) in [6.45, 7) is 6.22. The Morgan fingerprint density at radius 3 is 2.65 bits per heavy atom. The summed E-state index contributed by atoms with van der Waals surface area (Å²) >= 11 is 1.46. The van der Waals surface area contributed by atoms with Gasteiger partial charge in [-0.05, 0) is 12.8 Å². The van der Waals surface area contributed by atoms with Crippen LogP contribution in [0.1, 0.15) is 57.2 Å². The van der Waals surface area contributed by atoms with E-state index in [0.717, 1.165) is 23.5 Å². The van der Waals surface area contributed by atoms with Crippen molar-refractivity contribution in [2.45, 2.75) is 58.3 Å². The second kappa shape index (κ2) is 5.28. The summed E-state index contributed by atoms with van der Waals surface area (Å²) in [6.07, 6.45) is 2.66. The highest BCUT2D eigenvalue weighted by molar-refractivity contribution is 7.09. The minimum Gasteiger partial charge on any atom is -0.480 e. The Hall–Kier alpha value is -1.23. The molecular weight excluding hydrogens is 274 g/mol. The maximum atomic E-state index is 12.2. The van der Waals surface area contributed by atoms with Gasteiger partial charge in [-0.25, -0.2) is 4.98 Å². The fraction of sp³-hybridized carbons (Fsp3) is 0.667. The molecule has 20 heavy (non-hydrogen) atoms. The van der Waals surface area contributed by atoms with E-state index in [1.54, 1.807) is 0 Å². The highest BCUT2D eigenvalue weighted by atomic mass is 32.1. The molecule has 0 spiro atoms. The van der Waals surface area contributed by atoms with Gasteiger partial charge in [-0.1, -0.05) is 27.2 Å². The monoisotopic (exact) mass is 295 g/mol. The largest absolute Gasteiger partial charge is 0.480 e. The zero-order valence-corrected chi connectivity index (χ0v) is 13.0. The van der Waals surface area contributed by atoms with E-state index in [9.17, 15) is 14.7 Å². The molecule has 110 valence electrons. The number of aromatic nitrogens is 1. The zero-order valence-electron chi connectivity index (χ0n) is 12.2. The van der Waals surface area contributed by atoms with Crippen LogP contribution in [0.3, 0.4) is 0 Å². The van der Waals surface area contributed by atoms with E-state index in [0.29, 0.717) is 12.8 Å². The Morgan fingerprint density at radius 2 is 2.15 bits per heavy atom. The second-order valence-electron chi connectivity index (χ2n) is 6.57. The van der Waals surface area contributed by atoms with Crippen molar-refractivity contribution in [3.05, 3.63) is 16.1 Å². The van der Waals surface area contributed by atoms with Gasteiger partial charge in [0.1, 0.15) is 5.41 Å². The molecule has 0 aromatic carbocycles. The summed E-state index contributed by atoms with van der Waals surface area (Å²) in [7, 11) is 0. The lowest BCUT2D eigenvalue weighted by Gasteiger charge is -2.30. The molecule has 1 atom stereocenters. The Labute approximate surface area is 123 Å². The highest BCUT2D eigenvalue weighted by Crippen LogP contribution is 2.38. The predicted molar refractivity (Wildman–Crippen MR) is 78.1 cm³/mol. The normalized spacial score (nSPS) is 23.9. The van der Waals surface area contributed by atoms with Gasteiger partial charge in [-0.2, -0.15) is 0 Å². The van der Waals surface area contributed by atoms with Gasteiger partial charge in [-0.15, -0.1) is 11.3 Å². The molecule has 4 nitrogen and oxygen atoms in total. The Bertz CT molecular complexity index is 529. The fourth-order valence-corrected chi connectivity index (χ4v) is 3.71. The van der Waals surface area contributed by atoms with E-state index >= 15 is 0 Å². The van der Waals surface area contributed by atoms with Crippen LogP contribution >= 0.6 is 11.3 Å². The number of carboxylic acid groups (broad SMARTS) is 1. The Morgan fingerprint density at radius 1 is 1.45 bits per heavy atom. The summed E-state index contributed by atoms with van der Waals surface area (Å²) in [6, 6.07) is 0. The Kier molecular flexibility index (Phi) is 4.00. The van der Waals surface area contributed by atoms with Crippen LogP contribution in [0.25, 0.3) is 0 Å². The number of thiazole rings is 1. The number of Topliss-reactive ketones (excluding diaryl/α,β-unsaturated/α-hetero) is 1. The minimum absolute atomic E-state index is 0.0539. The molecule has 0 bridgehead atoms. The first-order valence-electron chi connectivity index (χ1n) is 6.97. The van der Waals surface area contributed by atoms with Crippen molar-refractivity contribution in [3.63, 3.8) is 0 Å². The number of carboxylic acids is 1. The lowest BCUT2D eigenvalue weighted by molar-refractivity contribution is -0.157. The number of aliphatic carboxylic acids is 1. The van der Waals surface area contributed by atoms with Crippen molar-refractivity contribution >= 4 is 23.1 Å². The van der Waals surface area contributed by atoms with Gasteiger partial charge in [0.25, 0.3) is 0 Å². The molecule has 0 aliphatic heterocycles. The van der Waals surface area contributed by atoms with Crippen LogP contribution in [-0.4, -0.2) is 21.8 Å². The van der Waals surface area contributed by atoms with E-state index in [4.69, 9.17) is 0 Å². The summed E-state index contributed by atoms with van der Waals surface area (Å²) in [5.41, 5.74) is -0.339. The van der Waals surface area contributed by atoms with Gasteiger partial charge < -0.3 is 5.11 Å². The molecular formula is C15H21NO3S. The molecule has 1 N–H and O–H groups in total. The number of nitrogens with zero attached hydrogens (tertiary/aromatic N) is 1. The maximum Gasteiger partial charge on any atom is 0.317 e. The van der Waals surface area contributed by atoms with Crippen molar-refractivity contribution in [2.24, 2.45) is 5.41 Å². The molecule has 1 unspecified atom stereocenters. The second-order valence-corrected chi connectivity index (χ2v) is 7.51. The van der Waals surface area contributed by atoms with Gasteiger partial charge in [0.05, 0.1) is 10.7 Å². The van der Waals surface area contributed by atoms with E-state index in [-0.39, 0.29) is 17.6 Å². The van der Waals surface area contributed by atoms with Crippen LogP contribution in [0.4, 0.5) is 0 Å². The molecule has 0 amide bonds. The molecule has 1 aliphatic rings. The van der Waals surface area contributed by atoms with Crippen molar-refractivity contribution < 1.29 is 14.7 Å². The first-order valence-corrected chi connectivity index (χ1v) is 7.85. The van der Waals surface area contributed by atoms with Gasteiger partial charge in [-0.3, -0.25) is 9.59 Å². The van der Waals surface area contributed by atoms with E-state index in [2.05, 4.69) is 25.8 Å². The van der Waals surface area contributed by atoms with Crippen molar-refractivity contribution in [1.82, 2.24) is 4.98 Å². The van der Waals surface area contributed by atoms with Gasteiger partial charge in [0.2, 0.25) is 0 Å². The van der Waals surface area contributed by atoms with Crippen LogP contribution in [0, 0.1) is 5.41 Å². The number of ketones is 1. The van der Waals surface area contributed by atoms with E-state index < -0.39 is 11.4 Å². The average Bonchev–Trinajstić information content (AvgIpc) is 2.80. The quantitative estimate of drug-likeness (QED) is 0.870. The van der Waals surface area contributed by atoms with E-state index in [1.165, 1.54) is 11.3 Å². The zero-order chi connectivity index (χ0) is 15.0. The third kappa shape index (κ3) is 2.77. The molecule has 1 saturated carbocycles. The van der Waals surface area contributed by atoms with Crippen molar-refractivity contribution in [1.29, 1.82) is 0 Å². The SMILES string of the molecule is CC(C)(C)c1csc(CC2(C(=O)O)CCCCC2=O)n1. The number of carbonyl (C=O) groups excluding carboxylic acids is 1. The molecule has 2 rings (SSSR count). The topological polar surface area (TPSA) is 67.3 Å². The van der Waals surface area contributed by atoms with Crippen LogP contribution < -0.4 is 0 Å². The van der Waals surface area contributed by atoms with Crippen LogP contribution in [0.2, 0.25) is 0 Å².